The van der Waals surface area contributed by atoms with E-state index >= 15 is 0 Å². The second-order valence-corrected chi connectivity index (χ2v) is 3.65. The van der Waals surface area contributed by atoms with E-state index in [-0.39, 0.29) is 12.4 Å². The number of rotatable bonds is 4. The Morgan fingerprint density at radius 1 is 1.44 bits per heavy atom. The molecule has 1 saturated heterocycles. The zero-order valence-electron chi connectivity index (χ0n) is 9.43. The quantitative estimate of drug-likeness (QED) is 0.752. The normalized spacial score (nSPS) is 18.3. The molecule has 0 N–H and O–H groups in total. The Balaban J connectivity index is 1.82. The molecule has 1 heterocycles. The summed E-state index contributed by atoms with van der Waals surface area (Å²) in [4.78, 5) is 22.4. The summed E-state index contributed by atoms with van der Waals surface area (Å²) >= 11 is 0. The van der Waals surface area contributed by atoms with Crippen LogP contribution < -0.4 is 4.74 Å². The van der Waals surface area contributed by atoms with Gasteiger partial charge in [0.25, 0.3) is 0 Å². The number of halogens is 1. The highest BCUT2D eigenvalue weighted by atomic mass is 19.1. The van der Waals surface area contributed by atoms with E-state index in [2.05, 4.69) is 4.74 Å². The van der Waals surface area contributed by atoms with Crippen LogP contribution in [0, 0.1) is 5.82 Å². The Kier molecular flexibility index (Phi) is 3.76. The number of hydrogen-bond donors (Lipinski definition) is 0. The topological polar surface area (TPSA) is 61.8 Å². The molecule has 1 aliphatic rings. The van der Waals surface area contributed by atoms with Crippen molar-refractivity contribution >= 4 is 11.9 Å². The third kappa shape index (κ3) is 2.97. The number of ether oxygens (including phenoxy) is 3. The highest BCUT2D eigenvalue weighted by Gasteiger charge is 2.30. The van der Waals surface area contributed by atoms with Crippen LogP contribution in [0.4, 0.5) is 4.39 Å². The van der Waals surface area contributed by atoms with Gasteiger partial charge in [-0.25, -0.2) is 14.0 Å². The van der Waals surface area contributed by atoms with Crippen LogP contribution in [0.25, 0.3) is 0 Å². The molecule has 96 valence electrons. The minimum absolute atomic E-state index is 0.0385. The number of para-hydroxylation sites is 1. The van der Waals surface area contributed by atoms with Crippen LogP contribution in [0.15, 0.2) is 24.3 Å². The fourth-order valence-corrected chi connectivity index (χ4v) is 1.48. The lowest BCUT2D eigenvalue weighted by Gasteiger charge is -2.09. The maximum Gasteiger partial charge on any atom is 0.347 e. The van der Waals surface area contributed by atoms with Crippen LogP contribution in [0.1, 0.15) is 6.42 Å². The van der Waals surface area contributed by atoms with Gasteiger partial charge in [0, 0.05) is 6.42 Å². The van der Waals surface area contributed by atoms with Crippen molar-refractivity contribution in [2.24, 2.45) is 0 Å². The summed E-state index contributed by atoms with van der Waals surface area (Å²) in [5.41, 5.74) is 0. The number of hydrogen-bond acceptors (Lipinski definition) is 5. The van der Waals surface area contributed by atoms with Crippen molar-refractivity contribution in [1.29, 1.82) is 0 Å². The first-order valence-electron chi connectivity index (χ1n) is 5.40. The molecule has 0 amide bonds. The van der Waals surface area contributed by atoms with E-state index in [9.17, 15) is 14.0 Å². The second kappa shape index (κ2) is 5.48. The van der Waals surface area contributed by atoms with Gasteiger partial charge in [0.15, 0.2) is 18.2 Å². The summed E-state index contributed by atoms with van der Waals surface area (Å²) in [6, 6.07) is 5.70. The minimum Gasteiger partial charge on any atom is -0.479 e. The van der Waals surface area contributed by atoms with Crippen LogP contribution in [0.5, 0.6) is 5.75 Å². The highest BCUT2D eigenvalue weighted by Crippen LogP contribution is 2.16. The SMILES string of the molecule is O=C(COc1ccccc1F)OC1CCOC1=O. The van der Waals surface area contributed by atoms with Crippen molar-refractivity contribution in [3.8, 4) is 5.75 Å². The van der Waals surface area contributed by atoms with Crippen LogP contribution in [0.2, 0.25) is 0 Å². The zero-order chi connectivity index (χ0) is 13.0. The van der Waals surface area contributed by atoms with Crippen LogP contribution in [0.3, 0.4) is 0 Å². The van der Waals surface area contributed by atoms with E-state index in [0.717, 1.165) is 0 Å². The van der Waals surface area contributed by atoms with Gasteiger partial charge in [0.05, 0.1) is 6.61 Å². The van der Waals surface area contributed by atoms with Crippen molar-refractivity contribution in [2.45, 2.75) is 12.5 Å². The highest BCUT2D eigenvalue weighted by molar-refractivity contribution is 5.81. The van der Waals surface area contributed by atoms with Gasteiger partial charge in [0.2, 0.25) is 6.10 Å². The number of carbonyl (C=O) groups excluding carboxylic acids is 2. The summed E-state index contributed by atoms with van der Waals surface area (Å²) in [7, 11) is 0. The Morgan fingerprint density at radius 3 is 2.89 bits per heavy atom. The first-order valence-corrected chi connectivity index (χ1v) is 5.40. The molecule has 1 aromatic carbocycles. The van der Waals surface area contributed by atoms with Gasteiger partial charge in [-0.2, -0.15) is 0 Å². The molecule has 0 aliphatic carbocycles. The first-order chi connectivity index (χ1) is 8.66. The molecule has 1 atom stereocenters. The number of cyclic esters (lactones) is 1. The fourth-order valence-electron chi connectivity index (χ4n) is 1.48. The standard InChI is InChI=1S/C12H11FO5/c13-8-3-1-2-4-9(8)17-7-11(14)18-10-5-6-16-12(10)15/h1-4,10H,5-7H2. The molecule has 0 aromatic heterocycles. The largest absolute Gasteiger partial charge is 0.479 e. The van der Waals surface area contributed by atoms with E-state index in [1.54, 1.807) is 6.07 Å². The molecule has 18 heavy (non-hydrogen) atoms. The summed E-state index contributed by atoms with van der Waals surface area (Å²) in [5.74, 6) is -1.90. The lowest BCUT2D eigenvalue weighted by molar-refractivity contribution is -0.161. The number of carbonyl (C=O) groups is 2. The zero-order valence-corrected chi connectivity index (χ0v) is 9.43. The van der Waals surface area contributed by atoms with Gasteiger partial charge >= 0.3 is 11.9 Å². The lowest BCUT2D eigenvalue weighted by atomic mass is 10.3. The average Bonchev–Trinajstić information content (AvgIpc) is 2.74. The summed E-state index contributed by atoms with van der Waals surface area (Å²) in [6.45, 7) is -0.213. The molecule has 1 fully saturated rings. The average molecular weight is 254 g/mol. The predicted octanol–water partition coefficient (Wildman–Crippen LogP) is 1.06. The monoisotopic (exact) mass is 254 g/mol. The molecular formula is C12H11FO5. The lowest BCUT2D eigenvalue weighted by Crippen LogP contribution is -2.26. The van der Waals surface area contributed by atoms with Gasteiger partial charge < -0.3 is 14.2 Å². The van der Waals surface area contributed by atoms with Crippen LogP contribution in [-0.2, 0) is 19.1 Å². The van der Waals surface area contributed by atoms with E-state index < -0.39 is 30.5 Å². The Bertz CT molecular complexity index is 460. The smallest absolute Gasteiger partial charge is 0.347 e. The van der Waals surface area contributed by atoms with Crippen molar-refractivity contribution in [2.75, 3.05) is 13.2 Å². The maximum atomic E-state index is 13.2. The molecule has 0 radical (unpaired) electrons. The molecule has 5 nitrogen and oxygen atoms in total. The molecule has 1 aromatic rings. The number of esters is 2. The van der Waals surface area contributed by atoms with E-state index in [1.165, 1.54) is 18.2 Å². The van der Waals surface area contributed by atoms with Crippen molar-refractivity contribution < 1.29 is 28.2 Å². The summed E-state index contributed by atoms with van der Waals surface area (Å²) in [6.07, 6.45) is -0.536. The van der Waals surface area contributed by atoms with Crippen LogP contribution in [-0.4, -0.2) is 31.3 Å². The summed E-state index contributed by atoms with van der Waals surface area (Å²) in [5, 5.41) is 0. The van der Waals surface area contributed by atoms with Crippen molar-refractivity contribution in [1.82, 2.24) is 0 Å². The van der Waals surface area contributed by atoms with E-state index in [0.29, 0.717) is 6.42 Å². The predicted molar refractivity (Wildman–Crippen MR) is 57.4 cm³/mol. The Morgan fingerprint density at radius 2 is 2.22 bits per heavy atom. The Labute approximate surface area is 102 Å². The van der Waals surface area contributed by atoms with Gasteiger partial charge in [-0.3, -0.25) is 0 Å². The third-order valence-electron chi connectivity index (χ3n) is 2.34. The first kappa shape index (κ1) is 12.3. The molecule has 1 unspecified atom stereocenters. The van der Waals surface area contributed by atoms with Crippen LogP contribution >= 0.6 is 0 Å². The van der Waals surface area contributed by atoms with Crippen molar-refractivity contribution in [3.63, 3.8) is 0 Å². The fraction of sp³-hybridized carbons (Fsp3) is 0.333. The Hall–Kier alpha value is -2.11. The van der Waals surface area contributed by atoms with E-state index in [4.69, 9.17) is 9.47 Å². The van der Waals surface area contributed by atoms with Gasteiger partial charge in [0.1, 0.15) is 0 Å². The molecule has 0 bridgehead atoms. The molecule has 0 saturated carbocycles. The minimum atomic E-state index is -0.873. The van der Waals surface area contributed by atoms with Gasteiger partial charge in [-0.05, 0) is 12.1 Å². The van der Waals surface area contributed by atoms with Crippen molar-refractivity contribution in [3.05, 3.63) is 30.1 Å². The third-order valence-corrected chi connectivity index (χ3v) is 2.34. The molecular weight excluding hydrogens is 243 g/mol. The molecule has 1 aliphatic heterocycles. The van der Waals surface area contributed by atoms with Gasteiger partial charge in [-0.1, -0.05) is 12.1 Å². The molecule has 0 spiro atoms. The molecule has 2 rings (SSSR count). The maximum absolute atomic E-state index is 13.2. The second-order valence-electron chi connectivity index (χ2n) is 3.65. The molecule has 6 heteroatoms. The summed E-state index contributed by atoms with van der Waals surface area (Å²) < 4.78 is 27.6. The van der Waals surface area contributed by atoms with E-state index in [1.807, 2.05) is 0 Å². The number of benzene rings is 1. The van der Waals surface area contributed by atoms with Gasteiger partial charge in [-0.15, -0.1) is 0 Å².